The van der Waals surface area contributed by atoms with Crippen molar-refractivity contribution in [3.63, 3.8) is 0 Å². The van der Waals surface area contributed by atoms with E-state index in [0.717, 1.165) is 23.5 Å². The highest BCUT2D eigenvalue weighted by molar-refractivity contribution is 7.20. The van der Waals surface area contributed by atoms with E-state index in [1.54, 1.807) is 6.92 Å². The van der Waals surface area contributed by atoms with E-state index in [1.165, 1.54) is 6.07 Å². The molecule has 1 heterocycles. The molecule has 5 heteroatoms. The predicted octanol–water partition coefficient (Wildman–Crippen LogP) is 3.36. The third kappa shape index (κ3) is 1.78. The summed E-state index contributed by atoms with van der Waals surface area (Å²) in [6, 6.07) is 3.40. The van der Waals surface area contributed by atoms with Crippen LogP contribution in [0.25, 0.3) is 10.1 Å². The Kier molecular flexibility index (Phi) is 2.87. The highest BCUT2D eigenvalue weighted by atomic mass is 32.1. The molecule has 0 aliphatic rings. The van der Waals surface area contributed by atoms with Crippen LogP contribution in [-0.4, -0.2) is 12.6 Å². The molecule has 1 aromatic carbocycles. The van der Waals surface area contributed by atoms with Crippen molar-refractivity contribution in [2.75, 3.05) is 6.61 Å². The fraction of sp³-hybridized carbons (Fsp3) is 0.182. The minimum absolute atomic E-state index is 0.119. The predicted molar refractivity (Wildman–Crippen MR) is 57.7 cm³/mol. The van der Waals surface area contributed by atoms with Crippen LogP contribution in [0.2, 0.25) is 0 Å². The van der Waals surface area contributed by atoms with Gasteiger partial charge in [0.2, 0.25) is 0 Å². The maximum atomic E-state index is 13.3. The van der Waals surface area contributed by atoms with E-state index in [2.05, 4.69) is 0 Å². The van der Waals surface area contributed by atoms with Crippen molar-refractivity contribution in [1.29, 1.82) is 0 Å². The summed E-state index contributed by atoms with van der Waals surface area (Å²) in [6.45, 7) is 1.91. The number of thiophene rings is 1. The van der Waals surface area contributed by atoms with Gasteiger partial charge in [-0.2, -0.15) is 0 Å². The lowest BCUT2D eigenvalue weighted by atomic mass is 10.2. The van der Waals surface area contributed by atoms with Crippen molar-refractivity contribution < 1.29 is 18.3 Å². The molecule has 0 unspecified atom stereocenters. The van der Waals surface area contributed by atoms with Crippen LogP contribution in [0.1, 0.15) is 16.6 Å². The van der Waals surface area contributed by atoms with E-state index in [1.807, 2.05) is 0 Å². The van der Waals surface area contributed by atoms with Gasteiger partial charge in [0.05, 0.1) is 11.3 Å². The fourth-order valence-electron chi connectivity index (χ4n) is 1.36. The second kappa shape index (κ2) is 4.17. The van der Waals surface area contributed by atoms with Crippen molar-refractivity contribution in [2.45, 2.75) is 6.92 Å². The number of carbonyl (C=O) groups excluding carboxylic acids is 1. The highest BCUT2D eigenvalue weighted by Gasteiger charge is 2.15. The van der Waals surface area contributed by atoms with Crippen molar-refractivity contribution in [3.8, 4) is 0 Å². The summed E-state index contributed by atoms with van der Waals surface area (Å²) in [5, 5.41) is 0.119. The van der Waals surface area contributed by atoms with Gasteiger partial charge in [-0.3, -0.25) is 0 Å². The minimum atomic E-state index is -0.553. The van der Waals surface area contributed by atoms with Crippen LogP contribution in [-0.2, 0) is 4.74 Å². The molecular weight excluding hydrogens is 234 g/mol. The maximum Gasteiger partial charge on any atom is 0.348 e. The number of esters is 1. The molecule has 0 spiro atoms. The first-order valence-electron chi connectivity index (χ1n) is 4.68. The van der Waals surface area contributed by atoms with E-state index >= 15 is 0 Å². The molecule has 0 saturated heterocycles. The number of benzene rings is 1. The Labute approximate surface area is 94.5 Å². The Hall–Kier alpha value is -1.49. The Morgan fingerprint density at radius 3 is 2.69 bits per heavy atom. The van der Waals surface area contributed by atoms with E-state index < -0.39 is 17.6 Å². The van der Waals surface area contributed by atoms with Gasteiger partial charge in [-0.05, 0) is 25.1 Å². The lowest BCUT2D eigenvalue weighted by Gasteiger charge is -1.95. The number of halogens is 2. The quantitative estimate of drug-likeness (QED) is 0.755. The van der Waals surface area contributed by atoms with Gasteiger partial charge in [0.15, 0.2) is 0 Å². The first-order valence-corrected chi connectivity index (χ1v) is 5.49. The Balaban J connectivity index is 2.55. The van der Waals surface area contributed by atoms with E-state index in [4.69, 9.17) is 4.74 Å². The molecule has 2 aromatic rings. The summed E-state index contributed by atoms with van der Waals surface area (Å²) in [7, 11) is 0. The Morgan fingerprint density at radius 1 is 1.38 bits per heavy atom. The van der Waals surface area contributed by atoms with E-state index in [0.29, 0.717) is 0 Å². The van der Waals surface area contributed by atoms with Crippen LogP contribution in [0, 0.1) is 11.6 Å². The summed E-state index contributed by atoms with van der Waals surface area (Å²) in [5.41, 5.74) is 0. The average molecular weight is 242 g/mol. The number of fused-ring (bicyclic) bond motifs is 1. The molecule has 0 aliphatic heterocycles. The number of ether oxygens (including phenoxy) is 1. The molecule has 84 valence electrons. The molecule has 16 heavy (non-hydrogen) atoms. The average Bonchev–Trinajstić information content (AvgIpc) is 2.70. The van der Waals surface area contributed by atoms with Crippen molar-refractivity contribution in [2.24, 2.45) is 0 Å². The summed E-state index contributed by atoms with van der Waals surface area (Å²) in [5.74, 6) is -1.62. The first-order chi connectivity index (χ1) is 7.63. The molecule has 0 radical (unpaired) electrons. The summed E-state index contributed by atoms with van der Waals surface area (Å²) >= 11 is 0.897. The van der Waals surface area contributed by atoms with E-state index in [-0.39, 0.29) is 21.6 Å². The first kappa shape index (κ1) is 11.0. The van der Waals surface area contributed by atoms with Gasteiger partial charge in [0.1, 0.15) is 16.5 Å². The molecule has 0 fully saturated rings. The molecular formula is C11H8F2O2S. The summed E-state index contributed by atoms with van der Waals surface area (Å²) in [4.78, 5) is 11.6. The fourth-order valence-corrected chi connectivity index (χ4v) is 2.33. The van der Waals surface area contributed by atoms with Gasteiger partial charge in [0, 0.05) is 5.39 Å². The molecule has 0 saturated carbocycles. The van der Waals surface area contributed by atoms with Gasteiger partial charge in [0.25, 0.3) is 0 Å². The van der Waals surface area contributed by atoms with Gasteiger partial charge in [-0.25, -0.2) is 13.6 Å². The van der Waals surface area contributed by atoms with Crippen LogP contribution >= 0.6 is 11.3 Å². The second-order valence-corrected chi connectivity index (χ2v) is 4.16. The molecule has 2 rings (SSSR count). The third-order valence-corrected chi connectivity index (χ3v) is 3.18. The Morgan fingerprint density at radius 2 is 2.06 bits per heavy atom. The zero-order chi connectivity index (χ0) is 11.7. The molecule has 0 aliphatic carbocycles. The number of hydrogen-bond acceptors (Lipinski definition) is 3. The zero-order valence-corrected chi connectivity index (χ0v) is 9.24. The normalized spacial score (nSPS) is 10.7. The SMILES string of the molecule is CCOC(=O)c1cc2c(F)ccc(F)c2s1. The third-order valence-electron chi connectivity index (χ3n) is 2.06. The summed E-state index contributed by atoms with van der Waals surface area (Å²) < 4.78 is 31.5. The Bertz CT molecular complexity index is 509. The molecule has 2 nitrogen and oxygen atoms in total. The minimum Gasteiger partial charge on any atom is -0.462 e. The molecule has 0 N–H and O–H groups in total. The van der Waals surface area contributed by atoms with Gasteiger partial charge >= 0.3 is 5.97 Å². The number of carbonyl (C=O) groups is 1. The number of hydrogen-bond donors (Lipinski definition) is 0. The van der Waals surface area contributed by atoms with Crippen LogP contribution in [0.15, 0.2) is 18.2 Å². The summed E-state index contributed by atoms with van der Waals surface area (Å²) in [6.07, 6.45) is 0. The van der Waals surface area contributed by atoms with Crippen LogP contribution in [0.4, 0.5) is 8.78 Å². The van der Waals surface area contributed by atoms with Crippen LogP contribution < -0.4 is 0 Å². The lowest BCUT2D eigenvalue weighted by molar-refractivity contribution is 0.0532. The standard InChI is InChI=1S/C11H8F2O2S/c1-2-15-11(14)9-5-6-7(12)3-4-8(13)10(6)16-9/h3-5H,2H2,1H3. The highest BCUT2D eigenvalue weighted by Crippen LogP contribution is 2.30. The lowest BCUT2D eigenvalue weighted by Crippen LogP contribution is -2.01. The monoisotopic (exact) mass is 242 g/mol. The topological polar surface area (TPSA) is 26.3 Å². The van der Waals surface area contributed by atoms with E-state index in [9.17, 15) is 13.6 Å². The van der Waals surface area contributed by atoms with Gasteiger partial charge in [-0.15, -0.1) is 11.3 Å². The number of rotatable bonds is 2. The molecule has 0 amide bonds. The van der Waals surface area contributed by atoms with Gasteiger partial charge in [-0.1, -0.05) is 0 Å². The smallest absolute Gasteiger partial charge is 0.348 e. The maximum absolute atomic E-state index is 13.3. The van der Waals surface area contributed by atoms with Crippen LogP contribution in [0.5, 0.6) is 0 Å². The molecule has 0 atom stereocenters. The van der Waals surface area contributed by atoms with Crippen molar-refractivity contribution in [3.05, 3.63) is 34.7 Å². The van der Waals surface area contributed by atoms with Gasteiger partial charge < -0.3 is 4.74 Å². The van der Waals surface area contributed by atoms with Crippen molar-refractivity contribution >= 4 is 27.4 Å². The van der Waals surface area contributed by atoms with Crippen molar-refractivity contribution in [1.82, 2.24) is 0 Å². The zero-order valence-electron chi connectivity index (χ0n) is 8.42. The molecule has 1 aromatic heterocycles. The second-order valence-electron chi connectivity index (χ2n) is 3.10. The van der Waals surface area contributed by atoms with Crippen LogP contribution in [0.3, 0.4) is 0 Å². The largest absolute Gasteiger partial charge is 0.462 e. The molecule has 0 bridgehead atoms.